The Labute approximate surface area is 257 Å². The summed E-state index contributed by atoms with van der Waals surface area (Å²) in [6.45, 7) is 2.16. The highest BCUT2D eigenvalue weighted by Gasteiger charge is 2.38. The van der Waals surface area contributed by atoms with Crippen molar-refractivity contribution < 1.29 is 36.6 Å². The van der Waals surface area contributed by atoms with Gasteiger partial charge in [-0.3, -0.25) is 4.90 Å². The zero-order valence-electron chi connectivity index (χ0n) is 23.7. The lowest BCUT2D eigenvalue weighted by Gasteiger charge is -2.31. The second kappa shape index (κ2) is 13.7. The number of rotatable bonds is 10. The van der Waals surface area contributed by atoms with Gasteiger partial charge in [-0.25, -0.2) is 19.2 Å². The molecule has 0 bridgehead atoms. The minimum Gasteiger partial charge on any atom is -0.477 e. The summed E-state index contributed by atoms with van der Waals surface area (Å²) >= 11 is 12.5. The quantitative estimate of drug-likeness (QED) is 0.135. The number of alkyl halides is 5. The number of aromatic nitrogens is 3. The van der Waals surface area contributed by atoms with Crippen LogP contribution >= 0.6 is 23.2 Å². The minimum absolute atomic E-state index is 0.136. The Morgan fingerprint density at radius 3 is 2.72 bits per heavy atom. The largest absolute Gasteiger partial charge is 0.477 e. The fraction of sp³-hybridized carbons (Fsp3) is 0.621. The maximum absolute atomic E-state index is 14.5. The van der Waals surface area contributed by atoms with Crippen molar-refractivity contribution in [3.8, 4) is 5.88 Å². The number of carbonyl (C=O) groups excluding carboxylic acids is 1. The number of pyridine rings is 1. The van der Waals surface area contributed by atoms with Crippen LogP contribution in [0.3, 0.4) is 0 Å². The van der Waals surface area contributed by atoms with Gasteiger partial charge in [0.05, 0.1) is 37.8 Å². The van der Waals surface area contributed by atoms with Crippen LogP contribution in [0.4, 0.5) is 17.6 Å². The molecule has 1 saturated heterocycles. The molecule has 2 fully saturated rings. The van der Waals surface area contributed by atoms with E-state index in [1.54, 1.807) is 6.08 Å². The second-order valence-corrected chi connectivity index (χ2v) is 12.2. The van der Waals surface area contributed by atoms with E-state index in [0.29, 0.717) is 61.7 Å². The van der Waals surface area contributed by atoms with E-state index in [1.165, 1.54) is 13.2 Å². The Morgan fingerprint density at radius 2 is 2.05 bits per heavy atom. The number of halogens is 6. The van der Waals surface area contributed by atoms with Gasteiger partial charge >= 0.3 is 12.1 Å². The monoisotopic (exact) mass is 648 g/mol. The first-order valence-electron chi connectivity index (χ1n) is 14.4. The molecule has 2 aromatic heterocycles. The molecule has 5 rings (SSSR count). The fourth-order valence-corrected chi connectivity index (χ4v) is 6.22. The van der Waals surface area contributed by atoms with Crippen LogP contribution in [-0.4, -0.2) is 69.9 Å². The van der Waals surface area contributed by atoms with Gasteiger partial charge in [-0.2, -0.15) is 13.2 Å². The Hall–Kier alpha value is -2.41. The predicted octanol–water partition coefficient (Wildman–Crippen LogP) is 6.00. The third-order valence-electron chi connectivity index (χ3n) is 8.26. The molecule has 0 aromatic carbocycles. The molecule has 0 spiro atoms. The second-order valence-electron chi connectivity index (χ2n) is 11.2. The SMILES string of the molecule is COC(=O)/C=C/c1c(Cl)nc(CN2CCc3cc(C(F)(F)F)c(OCC4CCC(Cl)CC4F)nc3C2)n1CC[C@@H]1CCO1. The third kappa shape index (κ3) is 7.82. The van der Waals surface area contributed by atoms with E-state index in [4.69, 9.17) is 37.4 Å². The molecular weight excluding hydrogens is 615 g/mol. The van der Waals surface area contributed by atoms with Gasteiger partial charge in [0, 0.05) is 43.6 Å². The Bertz CT molecular complexity index is 1330. The van der Waals surface area contributed by atoms with Crippen molar-refractivity contribution in [2.45, 2.75) is 82.0 Å². The number of hydrogen-bond donors (Lipinski definition) is 0. The topological polar surface area (TPSA) is 78.7 Å². The van der Waals surface area contributed by atoms with Crippen LogP contribution in [0.5, 0.6) is 5.88 Å². The van der Waals surface area contributed by atoms with Gasteiger partial charge in [-0.1, -0.05) is 11.6 Å². The van der Waals surface area contributed by atoms with Crippen molar-refractivity contribution in [1.82, 2.24) is 19.4 Å². The van der Waals surface area contributed by atoms with E-state index in [9.17, 15) is 22.4 Å². The van der Waals surface area contributed by atoms with Crippen molar-refractivity contribution >= 4 is 35.2 Å². The molecule has 1 saturated carbocycles. The van der Waals surface area contributed by atoms with Gasteiger partial charge in [0.1, 0.15) is 17.6 Å². The highest BCUT2D eigenvalue weighted by molar-refractivity contribution is 6.30. The lowest BCUT2D eigenvalue weighted by atomic mass is 9.88. The van der Waals surface area contributed by atoms with Crippen LogP contribution in [0.15, 0.2) is 12.1 Å². The average molecular weight is 650 g/mol. The number of ether oxygens (including phenoxy) is 3. The lowest BCUT2D eigenvalue weighted by molar-refractivity contribution is -0.139. The molecular formula is C29H34Cl2F4N4O4. The number of esters is 1. The molecule has 1 aliphatic carbocycles. The molecule has 0 radical (unpaired) electrons. The molecule has 4 atom stereocenters. The molecule has 236 valence electrons. The normalized spacial score (nSPS) is 24.5. The molecule has 2 aliphatic heterocycles. The van der Waals surface area contributed by atoms with Crippen LogP contribution < -0.4 is 4.74 Å². The van der Waals surface area contributed by atoms with Gasteiger partial charge < -0.3 is 18.8 Å². The molecule has 0 amide bonds. The van der Waals surface area contributed by atoms with Crippen LogP contribution in [0.1, 0.15) is 60.4 Å². The molecule has 0 N–H and O–H groups in total. The first kappa shape index (κ1) is 32.0. The highest BCUT2D eigenvalue weighted by Crippen LogP contribution is 2.39. The van der Waals surface area contributed by atoms with Crippen molar-refractivity contribution in [2.24, 2.45) is 5.92 Å². The van der Waals surface area contributed by atoms with Crippen molar-refractivity contribution in [2.75, 3.05) is 26.9 Å². The van der Waals surface area contributed by atoms with Gasteiger partial charge in [0.25, 0.3) is 0 Å². The Balaban J connectivity index is 1.34. The van der Waals surface area contributed by atoms with E-state index < -0.39 is 35.7 Å². The molecule has 14 heteroatoms. The summed E-state index contributed by atoms with van der Waals surface area (Å²) in [6.07, 6.45) is 0.279. The summed E-state index contributed by atoms with van der Waals surface area (Å²) in [5.41, 5.74) is 0.557. The molecule has 3 aliphatic rings. The lowest BCUT2D eigenvalue weighted by Crippen LogP contribution is -2.33. The minimum atomic E-state index is -4.67. The smallest absolute Gasteiger partial charge is 0.421 e. The summed E-state index contributed by atoms with van der Waals surface area (Å²) in [5.74, 6) is -0.962. The summed E-state index contributed by atoms with van der Waals surface area (Å²) in [4.78, 5) is 22.6. The number of methoxy groups -OCH3 is 1. The van der Waals surface area contributed by atoms with Gasteiger partial charge in [-0.05, 0) is 56.2 Å². The maximum atomic E-state index is 14.5. The summed E-state index contributed by atoms with van der Waals surface area (Å²) in [5, 5.41) is -0.0538. The summed E-state index contributed by atoms with van der Waals surface area (Å²) < 4.78 is 74.1. The number of hydrogen-bond acceptors (Lipinski definition) is 7. The van der Waals surface area contributed by atoms with Crippen LogP contribution in [0.25, 0.3) is 6.08 Å². The first-order valence-corrected chi connectivity index (χ1v) is 15.2. The number of fused-ring (bicyclic) bond motifs is 1. The maximum Gasteiger partial charge on any atom is 0.421 e. The standard InChI is InChI=1S/C29H34Cl2F4N4O4/c1-41-26(40)5-4-24-27(31)37-25(39(24)10-7-20-8-11-42-20)15-38-9-6-17-12-21(29(33,34)35)28(36-23(17)14-38)43-16-18-2-3-19(30)13-22(18)32/h4-5,12,18-20,22H,2-3,6-11,13-16H2,1H3/b5-4+/t18?,19?,20-,22?/m1/s1. The van der Waals surface area contributed by atoms with Gasteiger partial charge in [-0.15, -0.1) is 11.6 Å². The van der Waals surface area contributed by atoms with Crippen LogP contribution in [-0.2, 0) is 46.5 Å². The van der Waals surface area contributed by atoms with E-state index in [1.807, 2.05) is 9.47 Å². The van der Waals surface area contributed by atoms with E-state index in [2.05, 4.69) is 9.97 Å². The number of nitrogens with zero attached hydrogens (tertiary/aromatic N) is 4. The van der Waals surface area contributed by atoms with E-state index in [0.717, 1.165) is 25.5 Å². The number of carbonyl (C=O) groups is 1. The third-order valence-corrected chi connectivity index (χ3v) is 8.94. The van der Waals surface area contributed by atoms with Gasteiger partial charge in [0.15, 0.2) is 5.15 Å². The van der Waals surface area contributed by atoms with Crippen LogP contribution in [0, 0.1) is 5.92 Å². The molecule has 43 heavy (non-hydrogen) atoms. The van der Waals surface area contributed by atoms with Crippen molar-refractivity contribution in [3.63, 3.8) is 0 Å². The van der Waals surface area contributed by atoms with Crippen molar-refractivity contribution in [1.29, 1.82) is 0 Å². The Morgan fingerprint density at radius 1 is 1.26 bits per heavy atom. The summed E-state index contributed by atoms with van der Waals surface area (Å²) in [7, 11) is 1.28. The number of imidazole rings is 1. The van der Waals surface area contributed by atoms with Crippen molar-refractivity contribution in [3.05, 3.63) is 45.6 Å². The molecule has 3 unspecified atom stereocenters. The van der Waals surface area contributed by atoms with Gasteiger partial charge in [0.2, 0.25) is 5.88 Å². The fourth-order valence-electron chi connectivity index (χ4n) is 5.66. The zero-order chi connectivity index (χ0) is 30.7. The summed E-state index contributed by atoms with van der Waals surface area (Å²) in [6, 6.07) is 1.10. The zero-order valence-corrected chi connectivity index (χ0v) is 25.2. The Kier molecular flexibility index (Phi) is 10.2. The first-order chi connectivity index (χ1) is 20.5. The van der Waals surface area contributed by atoms with Crippen LogP contribution in [0.2, 0.25) is 5.15 Å². The highest BCUT2D eigenvalue weighted by atomic mass is 35.5. The molecule has 2 aromatic rings. The van der Waals surface area contributed by atoms with E-state index in [-0.39, 0.29) is 36.2 Å². The molecule has 4 heterocycles. The average Bonchev–Trinajstić information content (AvgIpc) is 3.22. The predicted molar refractivity (Wildman–Crippen MR) is 152 cm³/mol. The van der Waals surface area contributed by atoms with E-state index >= 15 is 0 Å². The molecule has 8 nitrogen and oxygen atoms in total.